The third-order valence-electron chi connectivity index (χ3n) is 3.79. The van der Waals surface area contributed by atoms with Crippen LogP contribution in [0.2, 0.25) is 0 Å². The molecule has 0 amide bonds. The van der Waals surface area contributed by atoms with E-state index in [1.807, 2.05) is 0 Å². The van der Waals surface area contributed by atoms with Gasteiger partial charge in [0.05, 0.1) is 6.61 Å². The van der Waals surface area contributed by atoms with Crippen molar-refractivity contribution in [1.29, 1.82) is 0 Å². The van der Waals surface area contributed by atoms with Crippen LogP contribution in [0.5, 0.6) is 0 Å². The number of rotatable bonds is 5. The third-order valence-corrected chi connectivity index (χ3v) is 3.79. The Labute approximate surface area is 99.7 Å². The van der Waals surface area contributed by atoms with Crippen LogP contribution in [-0.2, 0) is 4.74 Å². The largest absolute Gasteiger partial charge is 0.384 e. The van der Waals surface area contributed by atoms with Gasteiger partial charge in [-0.15, -0.1) is 0 Å². The Morgan fingerprint density at radius 2 is 2.12 bits per heavy atom. The van der Waals surface area contributed by atoms with Gasteiger partial charge in [0.15, 0.2) is 0 Å². The van der Waals surface area contributed by atoms with Crippen LogP contribution in [0.3, 0.4) is 0 Å². The lowest BCUT2D eigenvalue weighted by Crippen LogP contribution is -2.57. The van der Waals surface area contributed by atoms with Crippen molar-refractivity contribution in [2.75, 3.05) is 46.9 Å². The van der Waals surface area contributed by atoms with Gasteiger partial charge in [0.25, 0.3) is 0 Å². The quantitative estimate of drug-likeness (QED) is 0.733. The molecule has 0 aliphatic carbocycles. The second-order valence-electron chi connectivity index (χ2n) is 5.06. The highest BCUT2D eigenvalue weighted by Crippen LogP contribution is 2.16. The molecule has 0 bridgehead atoms. The second kappa shape index (κ2) is 6.55. The third kappa shape index (κ3) is 3.42. The lowest BCUT2D eigenvalue weighted by atomic mass is 9.99. The first-order valence-corrected chi connectivity index (χ1v) is 6.23. The average molecular weight is 229 g/mol. The van der Waals surface area contributed by atoms with Gasteiger partial charge in [-0.25, -0.2) is 0 Å². The van der Waals surface area contributed by atoms with E-state index in [4.69, 9.17) is 10.5 Å². The van der Waals surface area contributed by atoms with Crippen molar-refractivity contribution < 1.29 is 4.74 Å². The van der Waals surface area contributed by atoms with Crippen LogP contribution in [-0.4, -0.2) is 68.8 Å². The van der Waals surface area contributed by atoms with E-state index in [2.05, 4.69) is 30.7 Å². The Bertz CT molecular complexity index is 201. The van der Waals surface area contributed by atoms with Crippen LogP contribution in [0.15, 0.2) is 0 Å². The molecular weight excluding hydrogens is 202 g/mol. The summed E-state index contributed by atoms with van der Waals surface area (Å²) >= 11 is 0. The molecule has 2 N–H and O–H groups in total. The number of likely N-dealkylation sites (N-methyl/N-ethyl adjacent to an activating group) is 1. The molecule has 1 rings (SSSR count). The lowest BCUT2D eigenvalue weighted by Gasteiger charge is -2.43. The van der Waals surface area contributed by atoms with E-state index in [1.54, 1.807) is 7.11 Å². The van der Waals surface area contributed by atoms with Crippen molar-refractivity contribution in [1.82, 2.24) is 9.80 Å². The zero-order chi connectivity index (χ0) is 12.1. The van der Waals surface area contributed by atoms with Crippen LogP contribution in [0, 0.1) is 5.92 Å². The summed E-state index contributed by atoms with van der Waals surface area (Å²) in [6, 6.07) is 1.08. The van der Waals surface area contributed by atoms with E-state index in [0.29, 0.717) is 18.0 Å². The highest BCUT2D eigenvalue weighted by Gasteiger charge is 2.28. The molecule has 96 valence electrons. The fourth-order valence-electron chi connectivity index (χ4n) is 2.49. The van der Waals surface area contributed by atoms with Crippen LogP contribution >= 0.6 is 0 Å². The minimum absolute atomic E-state index is 0.455. The minimum atomic E-state index is 0.455. The lowest BCUT2D eigenvalue weighted by molar-refractivity contribution is 0.0336. The maximum absolute atomic E-state index is 5.90. The average Bonchev–Trinajstić information content (AvgIpc) is 2.25. The van der Waals surface area contributed by atoms with Crippen LogP contribution in [0.1, 0.15) is 13.8 Å². The van der Waals surface area contributed by atoms with Gasteiger partial charge < -0.3 is 15.4 Å². The van der Waals surface area contributed by atoms with Gasteiger partial charge >= 0.3 is 0 Å². The minimum Gasteiger partial charge on any atom is -0.384 e. The predicted octanol–water partition coefficient (Wildman–Crippen LogP) is 0.232. The molecule has 3 atom stereocenters. The van der Waals surface area contributed by atoms with E-state index >= 15 is 0 Å². The molecule has 0 spiro atoms. The summed E-state index contributed by atoms with van der Waals surface area (Å²) < 4.78 is 5.23. The number of piperazine rings is 1. The molecule has 4 nitrogen and oxygen atoms in total. The first-order valence-electron chi connectivity index (χ1n) is 6.23. The maximum atomic E-state index is 5.90. The first-order chi connectivity index (χ1) is 7.60. The molecule has 1 aliphatic heterocycles. The fraction of sp³-hybridized carbons (Fsp3) is 1.00. The van der Waals surface area contributed by atoms with Gasteiger partial charge in [0.1, 0.15) is 0 Å². The van der Waals surface area contributed by atoms with E-state index < -0.39 is 0 Å². The zero-order valence-electron chi connectivity index (χ0n) is 11.1. The standard InChI is InChI=1S/C12H27N3O/c1-10(9-16-4)12(7-13)15-6-5-14(3)11(2)8-15/h10-12H,5-9,13H2,1-4H3. The smallest absolute Gasteiger partial charge is 0.0503 e. The Morgan fingerprint density at radius 3 is 2.62 bits per heavy atom. The van der Waals surface area contributed by atoms with Crippen molar-refractivity contribution >= 4 is 0 Å². The number of nitrogens with two attached hydrogens (primary N) is 1. The van der Waals surface area contributed by atoms with Gasteiger partial charge in [0, 0.05) is 45.4 Å². The summed E-state index contributed by atoms with van der Waals surface area (Å²) in [5.74, 6) is 0.505. The second-order valence-corrected chi connectivity index (χ2v) is 5.06. The van der Waals surface area contributed by atoms with Crippen molar-refractivity contribution in [3.63, 3.8) is 0 Å². The summed E-state index contributed by atoms with van der Waals surface area (Å²) in [6.07, 6.45) is 0. The molecule has 1 heterocycles. The molecule has 3 unspecified atom stereocenters. The number of hydrogen-bond donors (Lipinski definition) is 1. The highest BCUT2D eigenvalue weighted by molar-refractivity contribution is 4.85. The monoisotopic (exact) mass is 229 g/mol. The molecule has 1 fully saturated rings. The zero-order valence-corrected chi connectivity index (χ0v) is 11.1. The van der Waals surface area contributed by atoms with Crippen LogP contribution in [0.4, 0.5) is 0 Å². The van der Waals surface area contributed by atoms with Gasteiger partial charge in [-0.05, 0) is 19.9 Å². The summed E-state index contributed by atoms with van der Waals surface area (Å²) in [5.41, 5.74) is 5.90. The normalized spacial score (nSPS) is 27.9. The molecule has 4 heteroatoms. The Hall–Kier alpha value is -0.160. The number of ether oxygens (including phenoxy) is 1. The van der Waals surface area contributed by atoms with Gasteiger partial charge in [0.2, 0.25) is 0 Å². The Balaban J connectivity index is 2.53. The van der Waals surface area contributed by atoms with Gasteiger partial charge in [-0.2, -0.15) is 0 Å². The number of nitrogens with zero attached hydrogens (tertiary/aromatic N) is 2. The SMILES string of the molecule is COCC(C)C(CN)N1CCN(C)C(C)C1. The van der Waals surface area contributed by atoms with Crippen LogP contribution < -0.4 is 5.73 Å². The highest BCUT2D eigenvalue weighted by atomic mass is 16.5. The van der Waals surface area contributed by atoms with Crippen molar-refractivity contribution in [2.24, 2.45) is 11.7 Å². The fourth-order valence-corrected chi connectivity index (χ4v) is 2.49. The molecular formula is C12H27N3O. The molecule has 0 saturated carbocycles. The maximum Gasteiger partial charge on any atom is 0.0503 e. The summed E-state index contributed by atoms with van der Waals surface area (Å²) in [4.78, 5) is 4.93. The van der Waals surface area contributed by atoms with Crippen LogP contribution in [0.25, 0.3) is 0 Å². The predicted molar refractivity (Wildman–Crippen MR) is 67.5 cm³/mol. The first kappa shape index (κ1) is 13.9. The molecule has 16 heavy (non-hydrogen) atoms. The van der Waals surface area contributed by atoms with E-state index in [9.17, 15) is 0 Å². The molecule has 0 aromatic heterocycles. The van der Waals surface area contributed by atoms with Crippen molar-refractivity contribution in [2.45, 2.75) is 25.9 Å². The van der Waals surface area contributed by atoms with Gasteiger partial charge in [-0.3, -0.25) is 4.90 Å². The molecule has 0 radical (unpaired) electrons. The van der Waals surface area contributed by atoms with E-state index in [0.717, 1.165) is 32.8 Å². The Kier molecular flexibility index (Phi) is 5.69. The van der Waals surface area contributed by atoms with E-state index in [-0.39, 0.29) is 0 Å². The topological polar surface area (TPSA) is 41.7 Å². The van der Waals surface area contributed by atoms with Crippen molar-refractivity contribution in [3.8, 4) is 0 Å². The van der Waals surface area contributed by atoms with E-state index in [1.165, 1.54) is 0 Å². The number of methoxy groups -OCH3 is 1. The summed E-state index contributed by atoms with van der Waals surface area (Å²) in [7, 11) is 3.95. The number of hydrogen-bond acceptors (Lipinski definition) is 4. The van der Waals surface area contributed by atoms with Gasteiger partial charge in [-0.1, -0.05) is 6.92 Å². The molecule has 0 aromatic rings. The molecule has 1 aliphatic rings. The summed E-state index contributed by atoms with van der Waals surface area (Å²) in [5, 5.41) is 0. The molecule has 0 aromatic carbocycles. The van der Waals surface area contributed by atoms with Crippen molar-refractivity contribution in [3.05, 3.63) is 0 Å². The molecule has 1 saturated heterocycles. The Morgan fingerprint density at radius 1 is 1.44 bits per heavy atom. The summed E-state index contributed by atoms with van der Waals surface area (Å²) in [6.45, 7) is 9.40.